The minimum atomic E-state index is -0.185. The Balaban J connectivity index is 1.40. The zero-order valence-electron chi connectivity index (χ0n) is 15.5. The van der Waals surface area contributed by atoms with E-state index < -0.39 is 0 Å². The number of allylic oxidation sites excluding steroid dienone is 1. The predicted octanol–water partition coefficient (Wildman–Crippen LogP) is 4.67. The van der Waals surface area contributed by atoms with Gasteiger partial charge in [-0.15, -0.1) is 11.3 Å². The molecule has 1 aliphatic rings. The Kier molecular flexibility index (Phi) is 5.65. The lowest BCUT2D eigenvalue weighted by molar-refractivity contribution is 0.104. The molecule has 0 saturated carbocycles. The molecule has 1 aromatic heterocycles. The Morgan fingerprint density at radius 3 is 2.50 bits per heavy atom. The second-order valence-electron chi connectivity index (χ2n) is 6.90. The molecule has 0 atom stereocenters. The Morgan fingerprint density at radius 2 is 1.79 bits per heavy atom. The third-order valence-corrected chi connectivity index (χ3v) is 5.76. The molecule has 0 amide bonds. The van der Waals surface area contributed by atoms with Gasteiger partial charge in [-0.1, -0.05) is 30.3 Å². The SMILES string of the molecule is O=C(/C=C/c1nc(-c2ccccc2)cs1)c1ccc(N2CCC(O)CC2)cc1. The third kappa shape index (κ3) is 4.38. The molecule has 142 valence electrons. The number of ketones is 1. The summed E-state index contributed by atoms with van der Waals surface area (Å²) in [6, 6.07) is 17.7. The van der Waals surface area contributed by atoms with E-state index in [0.717, 1.165) is 47.9 Å². The van der Waals surface area contributed by atoms with Gasteiger partial charge in [0.25, 0.3) is 0 Å². The molecule has 5 heteroatoms. The molecule has 1 saturated heterocycles. The van der Waals surface area contributed by atoms with E-state index in [9.17, 15) is 9.90 Å². The van der Waals surface area contributed by atoms with Crippen LogP contribution in [-0.4, -0.2) is 35.1 Å². The van der Waals surface area contributed by atoms with Gasteiger partial charge in [0.1, 0.15) is 5.01 Å². The number of hydrogen-bond acceptors (Lipinski definition) is 5. The van der Waals surface area contributed by atoms with E-state index in [4.69, 9.17) is 0 Å². The maximum atomic E-state index is 12.5. The van der Waals surface area contributed by atoms with Crippen molar-refractivity contribution in [2.45, 2.75) is 18.9 Å². The monoisotopic (exact) mass is 390 g/mol. The van der Waals surface area contributed by atoms with Crippen LogP contribution < -0.4 is 4.90 Å². The Labute approximate surface area is 168 Å². The van der Waals surface area contributed by atoms with Crippen LogP contribution >= 0.6 is 11.3 Å². The summed E-state index contributed by atoms with van der Waals surface area (Å²) in [4.78, 5) is 19.3. The molecule has 1 aliphatic heterocycles. The molecular weight excluding hydrogens is 368 g/mol. The first-order valence-electron chi connectivity index (χ1n) is 9.45. The van der Waals surface area contributed by atoms with Gasteiger partial charge in [-0.25, -0.2) is 4.98 Å². The molecule has 4 rings (SSSR count). The van der Waals surface area contributed by atoms with Gasteiger partial charge in [-0.2, -0.15) is 0 Å². The highest BCUT2D eigenvalue weighted by Crippen LogP contribution is 2.23. The minimum Gasteiger partial charge on any atom is -0.393 e. The van der Waals surface area contributed by atoms with Gasteiger partial charge >= 0.3 is 0 Å². The molecule has 0 bridgehead atoms. The molecular formula is C23H22N2O2S. The van der Waals surface area contributed by atoms with E-state index >= 15 is 0 Å². The van der Waals surface area contributed by atoms with Gasteiger partial charge in [0, 0.05) is 35.3 Å². The summed E-state index contributed by atoms with van der Waals surface area (Å²) in [5.74, 6) is -0.0305. The van der Waals surface area contributed by atoms with E-state index in [2.05, 4.69) is 9.88 Å². The number of hydrogen-bond donors (Lipinski definition) is 1. The largest absolute Gasteiger partial charge is 0.393 e. The molecule has 2 heterocycles. The quantitative estimate of drug-likeness (QED) is 0.508. The maximum absolute atomic E-state index is 12.5. The molecule has 3 aromatic rings. The Hall–Kier alpha value is -2.76. The van der Waals surface area contributed by atoms with E-state index in [0.29, 0.717) is 5.56 Å². The van der Waals surface area contributed by atoms with E-state index in [-0.39, 0.29) is 11.9 Å². The maximum Gasteiger partial charge on any atom is 0.185 e. The van der Waals surface area contributed by atoms with Gasteiger partial charge in [0.2, 0.25) is 0 Å². The van der Waals surface area contributed by atoms with Crippen LogP contribution in [0.2, 0.25) is 0 Å². The molecule has 2 aromatic carbocycles. The van der Waals surface area contributed by atoms with Crippen molar-refractivity contribution in [1.29, 1.82) is 0 Å². The minimum absolute atomic E-state index is 0.0305. The van der Waals surface area contributed by atoms with Crippen LogP contribution in [0.4, 0.5) is 5.69 Å². The molecule has 0 aliphatic carbocycles. The van der Waals surface area contributed by atoms with Crippen molar-refractivity contribution in [3.05, 3.63) is 76.6 Å². The zero-order chi connectivity index (χ0) is 19.3. The van der Waals surface area contributed by atoms with Crippen LogP contribution in [0.3, 0.4) is 0 Å². The molecule has 1 N–H and O–H groups in total. The number of rotatable bonds is 5. The van der Waals surface area contributed by atoms with Gasteiger partial charge in [0.05, 0.1) is 11.8 Å². The second-order valence-corrected chi connectivity index (χ2v) is 7.79. The summed E-state index contributed by atoms with van der Waals surface area (Å²) in [5.41, 5.74) is 3.76. The van der Waals surface area contributed by atoms with Gasteiger partial charge in [-0.05, 0) is 49.3 Å². The summed E-state index contributed by atoms with van der Waals surface area (Å²) < 4.78 is 0. The first-order chi connectivity index (χ1) is 13.7. The normalized spacial score (nSPS) is 15.2. The third-order valence-electron chi connectivity index (χ3n) is 4.95. The Morgan fingerprint density at radius 1 is 1.07 bits per heavy atom. The number of aliphatic hydroxyl groups excluding tert-OH is 1. The standard InChI is InChI=1S/C23H22N2O2S/c26-20-12-14-25(15-13-20)19-8-6-18(7-9-19)22(27)10-11-23-24-21(16-28-23)17-4-2-1-3-5-17/h1-11,16,20,26H,12-15H2/b11-10+. The van der Waals surface area contributed by atoms with Crippen LogP contribution in [0, 0.1) is 0 Å². The molecule has 1 fully saturated rings. The molecule has 28 heavy (non-hydrogen) atoms. The van der Waals surface area contributed by atoms with Crippen molar-refractivity contribution >= 4 is 28.9 Å². The van der Waals surface area contributed by atoms with Crippen LogP contribution in [0.15, 0.2) is 66.1 Å². The molecule has 4 nitrogen and oxygen atoms in total. The number of piperidine rings is 1. The summed E-state index contributed by atoms with van der Waals surface area (Å²) in [5, 5.41) is 12.4. The number of anilines is 1. The Bertz CT molecular complexity index is 956. The van der Waals surface area contributed by atoms with Crippen molar-refractivity contribution in [3.63, 3.8) is 0 Å². The molecule has 0 unspecified atom stereocenters. The van der Waals surface area contributed by atoms with Crippen LogP contribution in [-0.2, 0) is 0 Å². The van der Waals surface area contributed by atoms with E-state index in [1.165, 1.54) is 11.3 Å². The summed E-state index contributed by atoms with van der Waals surface area (Å²) in [6.45, 7) is 1.70. The fraction of sp³-hybridized carbons (Fsp3) is 0.217. The lowest BCUT2D eigenvalue weighted by atomic mass is 10.1. The first kappa shape index (κ1) is 18.6. The number of carbonyl (C=O) groups excluding carboxylic acids is 1. The average Bonchev–Trinajstić information content (AvgIpc) is 3.22. The van der Waals surface area contributed by atoms with Gasteiger partial charge in [0.15, 0.2) is 5.78 Å². The number of nitrogens with zero attached hydrogens (tertiary/aromatic N) is 2. The van der Waals surface area contributed by atoms with Crippen molar-refractivity contribution in [2.75, 3.05) is 18.0 Å². The lowest BCUT2D eigenvalue weighted by Crippen LogP contribution is -2.35. The fourth-order valence-corrected chi connectivity index (χ4v) is 4.03. The number of benzene rings is 2. The second kappa shape index (κ2) is 8.50. The molecule has 0 radical (unpaired) electrons. The lowest BCUT2D eigenvalue weighted by Gasteiger charge is -2.31. The number of aromatic nitrogens is 1. The summed E-state index contributed by atoms with van der Waals surface area (Å²) in [7, 11) is 0. The highest BCUT2D eigenvalue weighted by atomic mass is 32.1. The average molecular weight is 391 g/mol. The number of aliphatic hydroxyl groups is 1. The number of thiazole rings is 1. The van der Waals surface area contributed by atoms with Crippen molar-refractivity contribution in [1.82, 2.24) is 4.98 Å². The van der Waals surface area contributed by atoms with Gasteiger partial charge < -0.3 is 10.0 Å². The predicted molar refractivity (Wildman–Crippen MR) is 115 cm³/mol. The van der Waals surface area contributed by atoms with Crippen LogP contribution in [0.1, 0.15) is 28.2 Å². The zero-order valence-corrected chi connectivity index (χ0v) is 16.3. The smallest absolute Gasteiger partial charge is 0.185 e. The van der Waals surface area contributed by atoms with Crippen molar-refractivity contribution in [2.24, 2.45) is 0 Å². The first-order valence-corrected chi connectivity index (χ1v) is 10.3. The number of carbonyl (C=O) groups is 1. The summed E-state index contributed by atoms with van der Waals surface area (Å²) in [6.07, 6.45) is 4.76. The van der Waals surface area contributed by atoms with E-state index in [1.807, 2.05) is 60.0 Å². The summed E-state index contributed by atoms with van der Waals surface area (Å²) >= 11 is 1.53. The fourth-order valence-electron chi connectivity index (χ4n) is 3.31. The molecule has 0 spiro atoms. The van der Waals surface area contributed by atoms with Gasteiger partial charge in [-0.3, -0.25) is 4.79 Å². The van der Waals surface area contributed by atoms with Crippen molar-refractivity contribution < 1.29 is 9.90 Å². The highest BCUT2D eigenvalue weighted by molar-refractivity contribution is 7.10. The van der Waals surface area contributed by atoms with E-state index in [1.54, 1.807) is 12.2 Å². The van der Waals surface area contributed by atoms with Crippen LogP contribution in [0.5, 0.6) is 0 Å². The highest BCUT2D eigenvalue weighted by Gasteiger charge is 2.17. The van der Waals surface area contributed by atoms with Crippen LogP contribution in [0.25, 0.3) is 17.3 Å². The topological polar surface area (TPSA) is 53.4 Å². The van der Waals surface area contributed by atoms with Crippen molar-refractivity contribution in [3.8, 4) is 11.3 Å².